The van der Waals surface area contributed by atoms with E-state index in [1.807, 2.05) is 48.8 Å². The Morgan fingerprint density at radius 2 is 1.60 bits per heavy atom. The molecule has 0 aliphatic heterocycles. The highest BCUT2D eigenvalue weighted by atomic mass is 35.5. The molecule has 0 aromatic heterocycles. The van der Waals surface area contributed by atoms with Gasteiger partial charge in [0.15, 0.2) is 0 Å². The molecule has 2 nitrogen and oxygen atoms in total. The van der Waals surface area contributed by atoms with Gasteiger partial charge in [-0.2, -0.15) is 0 Å². The third kappa shape index (κ3) is 5.41. The van der Waals surface area contributed by atoms with Crippen molar-refractivity contribution >= 4 is 46.4 Å². The molecule has 152 valence electrons. The highest BCUT2D eigenvalue weighted by Crippen LogP contribution is 2.33. The maximum Gasteiger partial charge on any atom is 0.0490 e. The fourth-order valence-corrected chi connectivity index (χ4v) is 3.51. The summed E-state index contributed by atoms with van der Waals surface area (Å²) in [6.45, 7) is 6.12. The van der Waals surface area contributed by atoms with E-state index in [0.29, 0.717) is 5.02 Å². The first-order valence-corrected chi connectivity index (χ1v) is 10.4. The van der Waals surface area contributed by atoms with Crippen LogP contribution in [0.5, 0.6) is 0 Å². The number of allylic oxidation sites excluding steroid dienone is 2. The molecule has 0 heterocycles. The summed E-state index contributed by atoms with van der Waals surface area (Å²) in [6, 6.07) is 22.2. The summed E-state index contributed by atoms with van der Waals surface area (Å²) in [5.74, 6) is 0. The smallest absolute Gasteiger partial charge is 0.0490 e. The molecule has 0 amide bonds. The van der Waals surface area contributed by atoms with E-state index in [1.54, 1.807) is 7.05 Å². The Kier molecular flexibility index (Phi) is 7.51. The molecule has 0 fully saturated rings. The first kappa shape index (κ1) is 21.9. The van der Waals surface area contributed by atoms with Gasteiger partial charge in [-0.15, -0.1) is 0 Å². The molecule has 0 saturated carbocycles. The average Bonchev–Trinajstić information content (AvgIpc) is 2.75. The normalized spacial score (nSPS) is 11.7. The van der Waals surface area contributed by atoms with Crippen molar-refractivity contribution < 1.29 is 0 Å². The van der Waals surface area contributed by atoms with Crippen LogP contribution >= 0.6 is 23.2 Å². The summed E-state index contributed by atoms with van der Waals surface area (Å²) < 4.78 is 0. The second-order valence-electron chi connectivity index (χ2n) is 6.93. The molecule has 0 spiro atoms. The van der Waals surface area contributed by atoms with Crippen LogP contribution in [0.2, 0.25) is 10.0 Å². The number of rotatable bonds is 7. The molecule has 0 N–H and O–H groups in total. The molecule has 0 radical (unpaired) electrons. The van der Waals surface area contributed by atoms with Gasteiger partial charge in [0, 0.05) is 40.9 Å². The molecule has 30 heavy (non-hydrogen) atoms. The van der Waals surface area contributed by atoms with Crippen LogP contribution in [0.1, 0.15) is 16.7 Å². The van der Waals surface area contributed by atoms with E-state index in [2.05, 4.69) is 59.8 Å². The number of halogens is 2. The number of hydrogen-bond acceptors (Lipinski definition) is 2. The third-order valence-electron chi connectivity index (χ3n) is 4.86. The van der Waals surface area contributed by atoms with Crippen LogP contribution in [0.25, 0.3) is 5.57 Å². The molecule has 0 aliphatic rings. The monoisotopic (exact) mass is 434 g/mol. The van der Waals surface area contributed by atoms with Crippen LogP contribution in [-0.4, -0.2) is 13.3 Å². The van der Waals surface area contributed by atoms with E-state index in [0.717, 1.165) is 33.9 Å². The van der Waals surface area contributed by atoms with Crippen molar-refractivity contribution in [2.24, 2.45) is 4.99 Å². The maximum atomic E-state index is 6.07. The number of hydrogen-bond donors (Lipinski definition) is 0. The number of aliphatic imine (C=N–C) groups is 1. The van der Waals surface area contributed by atoms with Gasteiger partial charge in [-0.3, -0.25) is 4.99 Å². The van der Waals surface area contributed by atoms with Crippen LogP contribution in [0.15, 0.2) is 90.6 Å². The molecule has 4 heteroatoms. The zero-order valence-corrected chi connectivity index (χ0v) is 18.7. The molecule has 3 rings (SSSR count). The lowest BCUT2D eigenvalue weighted by Crippen LogP contribution is -2.09. The predicted molar refractivity (Wildman–Crippen MR) is 133 cm³/mol. The molecule has 0 aliphatic carbocycles. The van der Waals surface area contributed by atoms with Crippen molar-refractivity contribution in [2.75, 3.05) is 11.9 Å². The highest BCUT2D eigenvalue weighted by Gasteiger charge is 2.12. The van der Waals surface area contributed by atoms with E-state index in [1.165, 1.54) is 11.1 Å². The summed E-state index contributed by atoms with van der Waals surface area (Å²) in [4.78, 5) is 6.21. The van der Waals surface area contributed by atoms with Gasteiger partial charge in [0.25, 0.3) is 0 Å². The first-order chi connectivity index (χ1) is 14.5. The van der Waals surface area contributed by atoms with Gasteiger partial charge < -0.3 is 4.90 Å². The van der Waals surface area contributed by atoms with Gasteiger partial charge in [0.05, 0.1) is 0 Å². The van der Waals surface area contributed by atoms with Crippen molar-refractivity contribution in [3.05, 3.63) is 112 Å². The lowest BCUT2D eigenvalue weighted by molar-refractivity contribution is 1.23. The number of nitrogens with zero attached hydrogens (tertiary/aromatic N) is 2. The van der Waals surface area contributed by atoms with Crippen LogP contribution < -0.4 is 4.90 Å². The Labute approximate surface area is 188 Å². The Morgan fingerprint density at radius 1 is 0.967 bits per heavy atom. The molecule has 0 unspecified atom stereocenters. The molecule has 3 aromatic rings. The molecule has 3 aromatic carbocycles. The van der Waals surface area contributed by atoms with Crippen LogP contribution in [0, 0.1) is 6.92 Å². The van der Waals surface area contributed by atoms with Crippen molar-refractivity contribution in [1.29, 1.82) is 0 Å². The zero-order valence-electron chi connectivity index (χ0n) is 17.1. The van der Waals surface area contributed by atoms with E-state index in [9.17, 15) is 0 Å². The topological polar surface area (TPSA) is 15.6 Å². The molecule has 0 atom stereocenters. The summed E-state index contributed by atoms with van der Waals surface area (Å²) in [6.07, 6.45) is 6.49. The maximum absolute atomic E-state index is 6.07. The Hall–Kier alpha value is -2.81. The van der Waals surface area contributed by atoms with Crippen LogP contribution in [0.3, 0.4) is 0 Å². The van der Waals surface area contributed by atoms with Gasteiger partial charge in [-0.25, -0.2) is 0 Å². The SMILES string of the molecule is C=CN(c1ccc(Cl)cc1)c1cc(/C(=C/C=N\C)Cc2ccc(Cl)cc2)ccc1C. The second-order valence-corrected chi connectivity index (χ2v) is 7.81. The largest absolute Gasteiger partial charge is 0.317 e. The van der Waals surface area contributed by atoms with E-state index >= 15 is 0 Å². The quantitative estimate of drug-likeness (QED) is 0.344. The summed E-state index contributed by atoms with van der Waals surface area (Å²) in [5, 5.41) is 1.45. The predicted octanol–water partition coefficient (Wildman–Crippen LogP) is 7.91. The fourth-order valence-electron chi connectivity index (χ4n) is 3.26. The zero-order chi connectivity index (χ0) is 21.5. The van der Waals surface area contributed by atoms with E-state index < -0.39 is 0 Å². The van der Waals surface area contributed by atoms with E-state index in [-0.39, 0.29) is 0 Å². The Balaban J connectivity index is 2.02. The third-order valence-corrected chi connectivity index (χ3v) is 5.36. The highest BCUT2D eigenvalue weighted by molar-refractivity contribution is 6.30. The molecular formula is C26H24Cl2N2. The van der Waals surface area contributed by atoms with Crippen molar-refractivity contribution in [3.63, 3.8) is 0 Å². The summed E-state index contributed by atoms with van der Waals surface area (Å²) in [7, 11) is 1.77. The Morgan fingerprint density at radius 3 is 2.20 bits per heavy atom. The molecule has 0 saturated heterocycles. The minimum Gasteiger partial charge on any atom is -0.317 e. The van der Waals surface area contributed by atoms with Crippen molar-refractivity contribution in [1.82, 2.24) is 0 Å². The average molecular weight is 435 g/mol. The van der Waals surface area contributed by atoms with Crippen LogP contribution in [0.4, 0.5) is 11.4 Å². The fraction of sp³-hybridized carbons (Fsp3) is 0.115. The van der Waals surface area contributed by atoms with Crippen molar-refractivity contribution in [2.45, 2.75) is 13.3 Å². The number of aryl methyl sites for hydroxylation is 1. The standard InChI is InChI=1S/C26H24Cl2N2/c1-4-30(25-13-11-24(28)12-14-25)26-18-21(8-5-19(26)2)22(15-16-29-3)17-20-6-9-23(27)10-7-20/h4-16,18H,1,17H2,2-3H3/b22-15+,29-16-. The second kappa shape index (κ2) is 10.3. The van der Waals surface area contributed by atoms with Crippen molar-refractivity contribution in [3.8, 4) is 0 Å². The first-order valence-electron chi connectivity index (χ1n) is 9.66. The van der Waals surface area contributed by atoms with Gasteiger partial charge >= 0.3 is 0 Å². The lowest BCUT2D eigenvalue weighted by Gasteiger charge is -2.24. The number of benzene rings is 3. The van der Waals surface area contributed by atoms with Gasteiger partial charge in [-0.1, -0.05) is 54.0 Å². The van der Waals surface area contributed by atoms with E-state index in [4.69, 9.17) is 23.2 Å². The van der Waals surface area contributed by atoms with Crippen LogP contribution in [-0.2, 0) is 6.42 Å². The number of anilines is 2. The lowest BCUT2D eigenvalue weighted by atomic mass is 9.96. The summed E-state index contributed by atoms with van der Waals surface area (Å²) >= 11 is 12.1. The Bertz CT molecular complexity index is 1070. The summed E-state index contributed by atoms with van der Waals surface area (Å²) in [5.41, 5.74) is 6.72. The minimum atomic E-state index is 0.709. The van der Waals surface area contributed by atoms with Gasteiger partial charge in [0.2, 0.25) is 0 Å². The molecular weight excluding hydrogens is 411 g/mol. The molecule has 0 bridgehead atoms. The minimum absolute atomic E-state index is 0.709. The van der Waals surface area contributed by atoms with Gasteiger partial charge in [-0.05, 0) is 84.1 Å². The van der Waals surface area contributed by atoms with Gasteiger partial charge in [0.1, 0.15) is 0 Å².